The fourth-order valence-corrected chi connectivity index (χ4v) is 3.29. The summed E-state index contributed by atoms with van der Waals surface area (Å²) in [6.07, 6.45) is 2.17. The van der Waals surface area contributed by atoms with Crippen molar-refractivity contribution >= 4 is 28.2 Å². The number of aromatic nitrogens is 1. The second kappa shape index (κ2) is 6.41. The smallest absolute Gasteiger partial charge is 0.267 e. The Balaban J connectivity index is 2.13. The van der Waals surface area contributed by atoms with Crippen LogP contribution in [0.4, 0.5) is 10.9 Å². The van der Waals surface area contributed by atoms with Crippen LogP contribution < -0.4 is 10.6 Å². The SMILES string of the molecule is CCCN(C)c1nc(N)c(C(=O)N2CCCC(O)C2)s1. The molecule has 0 spiro atoms. The van der Waals surface area contributed by atoms with Crippen molar-refractivity contribution in [2.24, 2.45) is 0 Å². The first-order valence-electron chi connectivity index (χ1n) is 6.97. The molecule has 1 saturated heterocycles. The highest BCUT2D eigenvalue weighted by Crippen LogP contribution is 2.29. The standard InChI is InChI=1S/C13H22N4O2S/c1-3-6-16(2)13-15-11(14)10(20-13)12(19)17-7-4-5-9(18)8-17/h9,18H,3-8,14H2,1-2H3. The molecule has 1 amide bonds. The maximum absolute atomic E-state index is 12.4. The number of rotatable bonds is 4. The van der Waals surface area contributed by atoms with Gasteiger partial charge in [-0.15, -0.1) is 0 Å². The molecule has 1 aromatic rings. The van der Waals surface area contributed by atoms with Gasteiger partial charge in [0.25, 0.3) is 5.91 Å². The van der Waals surface area contributed by atoms with Crippen molar-refractivity contribution < 1.29 is 9.90 Å². The molecule has 2 heterocycles. The van der Waals surface area contributed by atoms with E-state index in [0.29, 0.717) is 18.0 Å². The van der Waals surface area contributed by atoms with Gasteiger partial charge in [-0.05, 0) is 19.3 Å². The van der Waals surface area contributed by atoms with E-state index in [0.717, 1.165) is 30.9 Å². The summed E-state index contributed by atoms with van der Waals surface area (Å²) < 4.78 is 0. The average molecular weight is 298 g/mol. The van der Waals surface area contributed by atoms with E-state index in [1.165, 1.54) is 11.3 Å². The van der Waals surface area contributed by atoms with E-state index in [-0.39, 0.29) is 11.7 Å². The summed E-state index contributed by atoms with van der Waals surface area (Å²) >= 11 is 1.33. The number of nitrogens with zero attached hydrogens (tertiary/aromatic N) is 3. The number of anilines is 2. The first-order valence-corrected chi connectivity index (χ1v) is 7.79. The number of likely N-dealkylation sites (tertiary alicyclic amines) is 1. The van der Waals surface area contributed by atoms with Crippen molar-refractivity contribution in [2.75, 3.05) is 37.3 Å². The number of β-amino-alcohol motifs (C(OH)–C–C–N with tert-alkyl or cyclic N) is 1. The highest BCUT2D eigenvalue weighted by Gasteiger charge is 2.27. The minimum absolute atomic E-state index is 0.116. The molecule has 2 rings (SSSR count). The molecule has 112 valence electrons. The van der Waals surface area contributed by atoms with Gasteiger partial charge in [-0.1, -0.05) is 18.3 Å². The van der Waals surface area contributed by atoms with Crippen LogP contribution in [0.5, 0.6) is 0 Å². The molecular weight excluding hydrogens is 276 g/mol. The maximum atomic E-state index is 12.4. The molecule has 0 bridgehead atoms. The molecule has 1 aliphatic heterocycles. The number of amides is 1. The number of aliphatic hydroxyl groups is 1. The van der Waals surface area contributed by atoms with Crippen molar-refractivity contribution in [2.45, 2.75) is 32.3 Å². The number of hydrogen-bond donors (Lipinski definition) is 2. The summed E-state index contributed by atoms with van der Waals surface area (Å²) in [5.74, 6) is 0.174. The van der Waals surface area contributed by atoms with Gasteiger partial charge in [0.1, 0.15) is 10.7 Å². The van der Waals surface area contributed by atoms with E-state index in [1.54, 1.807) is 4.90 Å². The molecule has 6 nitrogen and oxygen atoms in total. The highest BCUT2D eigenvalue weighted by atomic mass is 32.1. The van der Waals surface area contributed by atoms with Crippen LogP contribution in [-0.2, 0) is 0 Å². The number of carbonyl (C=O) groups is 1. The zero-order valence-electron chi connectivity index (χ0n) is 12.0. The van der Waals surface area contributed by atoms with Gasteiger partial charge in [0.2, 0.25) is 0 Å². The predicted molar refractivity (Wildman–Crippen MR) is 81.2 cm³/mol. The molecule has 0 aromatic carbocycles. The molecule has 0 saturated carbocycles. The number of piperidine rings is 1. The Morgan fingerprint density at radius 1 is 1.65 bits per heavy atom. The number of thiazole rings is 1. The Bertz CT molecular complexity index is 477. The molecule has 1 aliphatic rings. The van der Waals surface area contributed by atoms with Crippen LogP contribution in [0, 0.1) is 0 Å². The van der Waals surface area contributed by atoms with Gasteiger partial charge in [0.15, 0.2) is 5.13 Å². The van der Waals surface area contributed by atoms with Crippen LogP contribution in [0.2, 0.25) is 0 Å². The minimum Gasteiger partial charge on any atom is -0.391 e. The van der Waals surface area contributed by atoms with Gasteiger partial charge in [-0.25, -0.2) is 4.98 Å². The zero-order chi connectivity index (χ0) is 14.7. The Hall–Kier alpha value is -1.34. The second-order valence-electron chi connectivity index (χ2n) is 5.18. The van der Waals surface area contributed by atoms with E-state index < -0.39 is 6.10 Å². The van der Waals surface area contributed by atoms with Gasteiger partial charge in [0, 0.05) is 26.7 Å². The molecule has 1 fully saturated rings. The lowest BCUT2D eigenvalue weighted by atomic mass is 10.1. The first kappa shape index (κ1) is 15.1. The third kappa shape index (κ3) is 3.21. The largest absolute Gasteiger partial charge is 0.391 e. The molecule has 1 atom stereocenters. The van der Waals surface area contributed by atoms with Gasteiger partial charge in [0.05, 0.1) is 6.10 Å². The highest BCUT2D eigenvalue weighted by molar-refractivity contribution is 7.18. The van der Waals surface area contributed by atoms with E-state index in [9.17, 15) is 9.90 Å². The molecule has 20 heavy (non-hydrogen) atoms. The lowest BCUT2D eigenvalue weighted by Crippen LogP contribution is -2.42. The van der Waals surface area contributed by atoms with Crippen molar-refractivity contribution in [3.8, 4) is 0 Å². The zero-order valence-corrected chi connectivity index (χ0v) is 12.8. The molecule has 0 aliphatic carbocycles. The predicted octanol–water partition coefficient (Wildman–Crippen LogP) is 1.17. The Morgan fingerprint density at radius 2 is 2.40 bits per heavy atom. The first-order chi connectivity index (χ1) is 9.52. The summed E-state index contributed by atoms with van der Waals surface area (Å²) in [4.78, 5) is 20.9. The number of nitrogens with two attached hydrogens (primary N) is 1. The molecule has 3 N–H and O–H groups in total. The molecular formula is C13H22N4O2S. The van der Waals surface area contributed by atoms with E-state index in [1.807, 2.05) is 11.9 Å². The maximum Gasteiger partial charge on any atom is 0.267 e. The number of hydrogen-bond acceptors (Lipinski definition) is 6. The summed E-state index contributed by atoms with van der Waals surface area (Å²) in [5.41, 5.74) is 5.88. The Kier molecular flexibility index (Phi) is 4.82. The van der Waals surface area contributed by atoms with E-state index in [4.69, 9.17) is 5.73 Å². The van der Waals surface area contributed by atoms with Crippen molar-refractivity contribution in [1.29, 1.82) is 0 Å². The van der Waals surface area contributed by atoms with Gasteiger partial charge < -0.3 is 20.6 Å². The summed E-state index contributed by atoms with van der Waals surface area (Å²) in [6, 6.07) is 0. The van der Waals surface area contributed by atoms with Crippen molar-refractivity contribution in [1.82, 2.24) is 9.88 Å². The van der Waals surface area contributed by atoms with Crippen molar-refractivity contribution in [3.63, 3.8) is 0 Å². The average Bonchev–Trinajstić information content (AvgIpc) is 2.80. The summed E-state index contributed by atoms with van der Waals surface area (Å²) in [6.45, 7) is 4.03. The quantitative estimate of drug-likeness (QED) is 0.872. The van der Waals surface area contributed by atoms with Crippen molar-refractivity contribution in [3.05, 3.63) is 4.88 Å². The van der Waals surface area contributed by atoms with Gasteiger partial charge in [-0.2, -0.15) is 0 Å². The van der Waals surface area contributed by atoms with Crippen LogP contribution in [-0.4, -0.2) is 53.7 Å². The Labute approximate surface area is 123 Å². The fourth-order valence-electron chi connectivity index (χ4n) is 2.35. The normalized spacial score (nSPS) is 19.1. The monoisotopic (exact) mass is 298 g/mol. The lowest BCUT2D eigenvalue weighted by molar-refractivity contribution is 0.0478. The number of aliphatic hydroxyl groups excluding tert-OH is 1. The summed E-state index contributed by atoms with van der Waals surface area (Å²) in [7, 11) is 1.95. The van der Waals surface area contributed by atoms with Gasteiger partial charge >= 0.3 is 0 Å². The van der Waals surface area contributed by atoms with Gasteiger partial charge in [-0.3, -0.25) is 4.79 Å². The summed E-state index contributed by atoms with van der Waals surface area (Å²) in [5, 5.41) is 10.4. The minimum atomic E-state index is -0.427. The second-order valence-corrected chi connectivity index (χ2v) is 6.16. The Morgan fingerprint density at radius 3 is 3.05 bits per heavy atom. The van der Waals surface area contributed by atoms with Crippen LogP contribution in [0.15, 0.2) is 0 Å². The number of nitrogen functional groups attached to an aromatic ring is 1. The van der Waals surface area contributed by atoms with Crippen LogP contribution in [0.25, 0.3) is 0 Å². The van der Waals surface area contributed by atoms with Crippen LogP contribution in [0.1, 0.15) is 35.9 Å². The van der Waals surface area contributed by atoms with E-state index >= 15 is 0 Å². The van der Waals surface area contributed by atoms with Crippen LogP contribution in [0.3, 0.4) is 0 Å². The fraction of sp³-hybridized carbons (Fsp3) is 0.692. The third-order valence-electron chi connectivity index (χ3n) is 3.41. The third-order valence-corrected chi connectivity index (χ3v) is 4.58. The molecule has 0 radical (unpaired) electrons. The molecule has 1 unspecified atom stereocenters. The molecule has 7 heteroatoms. The topological polar surface area (TPSA) is 82.7 Å². The molecule has 1 aromatic heterocycles. The van der Waals surface area contributed by atoms with E-state index in [2.05, 4.69) is 11.9 Å². The lowest BCUT2D eigenvalue weighted by Gasteiger charge is -2.29. The van der Waals surface area contributed by atoms with Crippen LogP contribution >= 0.6 is 11.3 Å². The number of carbonyl (C=O) groups excluding carboxylic acids is 1.